The number of amidine groups is 1. The van der Waals surface area contributed by atoms with Gasteiger partial charge >= 0.3 is 0 Å². The molecule has 0 amide bonds. The monoisotopic (exact) mass is 333 g/mol. The van der Waals surface area contributed by atoms with E-state index in [4.69, 9.17) is 4.99 Å². The van der Waals surface area contributed by atoms with E-state index in [1.165, 1.54) is 11.1 Å². The summed E-state index contributed by atoms with van der Waals surface area (Å²) in [4.78, 5) is 7.16. The predicted molar refractivity (Wildman–Crippen MR) is 103 cm³/mol. The first-order valence-corrected chi connectivity index (χ1v) is 9.36. The molecule has 0 spiro atoms. The van der Waals surface area contributed by atoms with Gasteiger partial charge in [-0.25, -0.2) is 4.99 Å². The third-order valence-electron chi connectivity index (χ3n) is 4.12. The van der Waals surface area contributed by atoms with Crippen LogP contribution in [0.4, 0.5) is 0 Å². The number of hydrogen-bond donors (Lipinski definition) is 1. The van der Waals surface area contributed by atoms with Crippen LogP contribution in [0.3, 0.4) is 0 Å². The predicted octanol–water partition coefficient (Wildman–Crippen LogP) is 4.62. The highest BCUT2D eigenvalue weighted by atomic mass is 32.2. The quantitative estimate of drug-likeness (QED) is 0.871. The number of nitrogens with zero attached hydrogens (tertiary/aromatic N) is 2. The molecule has 1 aromatic rings. The Balaban J connectivity index is 1.87. The molecule has 0 saturated carbocycles. The van der Waals surface area contributed by atoms with Crippen LogP contribution in [-0.2, 0) is 5.75 Å². The van der Waals surface area contributed by atoms with E-state index in [1.807, 2.05) is 0 Å². The summed E-state index contributed by atoms with van der Waals surface area (Å²) >= 11 is 1.79. The number of aryl methyl sites for hydroxylation is 1. The number of nitrogens with one attached hydrogen (secondary N) is 1. The van der Waals surface area contributed by atoms with Crippen molar-refractivity contribution in [1.29, 1.82) is 0 Å². The average molecular weight is 334 g/mol. The van der Waals surface area contributed by atoms with Crippen molar-refractivity contribution in [3.05, 3.63) is 35.4 Å². The van der Waals surface area contributed by atoms with Crippen molar-refractivity contribution >= 4 is 16.9 Å². The first kappa shape index (κ1) is 18.3. The van der Waals surface area contributed by atoms with Gasteiger partial charge in [-0.05, 0) is 38.2 Å². The van der Waals surface area contributed by atoms with Crippen molar-refractivity contribution in [3.63, 3.8) is 0 Å². The van der Waals surface area contributed by atoms with Crippen LogP contribution in [0.25, 0.3) is 0 Å². The molecule has 1 aliphatic heterocycles. The Labute approximate surface area is 145 Å². The normalized spacial score (nSPS) is 16.9. The molecular weight excluding hydrogens is 302 g/mol. The van der Waals surface area contributed by atoms with Gasteiger partial charge in [-0.2, -0.15) is 0 Å². The molecule has 2 rings (SSSR count). The lowest BCUT2D eigenvalue weighted by Crippen LogP contribution is -2.53. The molecular formula is C19H31N3S. The van der Waals surface area contributed by atoms with Gasteiger partial charge in [0.1, 0.15) is 0 Å². The molecule has 0 fully saturated rings. The second-order valence-corrected chi connectivity index (χ2v) is 9.27. The zero-order chi connectivity index (χ0) is 17.1. The minimum atomic E-state index is 0.155. The number of thioether (sulfide) groups is 1. The van der Waals surface area contributed by atoms with Crippen LogP contribution in [-0.4, -0.2) is 28.9 Å². The van der Waals surface area contributed by atoms with E-state index in [2.05, 4.69) is 76.0 Å². The molecule has 0 atom stereocenters. The fourth-order valence-corrected chi connectivity index (χ4v) is 3.98. The molecule has 3 nitrogen and oxygen atoms in total. The highest BCUT2D eigenvalue weighted by molar-refractivity contribution is 8.13. The third-order valence-corrected chi connectivity index (χ3v) is 5.15. The summed E-state index contributed by atoms with van der Waals surface area (Å²) in [5.41, 5.74) is 3.14. The Morgan fingerprint density at radius 2 is 1.78 bits per heavy atom. The van der Waals surface area contributed by atoms with Gasteiger partial charge in [-0.15, -0.1) is 0 Å². The van der Waals surface area contributed by atoms with E-state index in [9.17, 15) is 0 Å². The van der Waals surface area contributed by atoms with Gasteiger partial charge in [0.15, 0.2) is 5.17 Å². The van der Waals surface area contributed by atoms with Gasteiger partial charge < -0.3 is 5.32 Å². The summed E-state index contributed by atoms with van der Waals surface area (Å²) in [5, 5.41) is 4.54. The van der Waals surface area contributed by atoms with E-state index in [0.717, 1.165) is 30.7 Å². The van der Waals surface area contributed by atoms with Crippen LogP contribution >= 0.6 is 11.8 Å². The lowest BCUT2D eigenvalue weighted by atomic mass is 9.81. The maximum absolute atomic E-state index is 4.73. The van der Waals surface area contributed by atoms with E-state index >= 15 is 0 Å². The summed E-state index contributed by atoms with van der Waals surface area (Å²) in [6.07, 6.45) is 1.16. The summed E-state index contributed by atoms with van der Waals surface area (Å²) in [7, 11) is 0. The second kappa shape index (κ2) is 7.27. The molecule has 1 aliphatic rings. The molecule has 128 valence electrons. The van der Waals surface area contributed by atoms with Gasteiger partial charge in [0, 0.05) is 11.3 Å². The van der Waals surface area contributed by atoms with E-state index in [0.29, 0.717) is 5.41 Å². The van der Waals surface area contributed by atoms with Gasteiger partial charge in [-0.3, -0.25) is 4.90 Å². The number of aliphatic imine (C=N–C) groups is 1. The molecule has 0 aromatic heterocycles. The number of hydrogen-bond acceptors (Lipinski definition) is 4. The second-order valence-electron chi connectivity index (χ2n) is 8.30. The van der Waals surface area contributed by atoms with Crippen LogP contribution in [0, 0.1) is 12.3 Å². The van der Waals surface area contributed by atoms with Crippen molar-refractivity contribution in [3.8, 4) is 0 Å². The van der Waals surface area contributed by atoms with Gasteiger partial charge in [0.05, 0.1) is 13.3 Å². The van der Waals surface area contributed by atoms with Crippen molar-refractivity contribution in [2.75, 3.05) is 13.3 Å². The Morgan fingerprint density at radius 1 is 1.13 bits per heavy atom. The van der Waals surface area contributed by atoms with Crippen molar-refractivity contribution < 1.29 is 0 Å². The fraction of sp³-hybridized carbons (Fsp3) is 0.632. The lowest BCUT2D eigenvalue weighted by molar-refractivity contribution is 0.0730. The third kappa shape index (κ3) is 5.85. The van der Waals surface area contributed by atoms with E-state index in [1.54, 1.807) is 11.8 Å². The SMILES string of the molecule is Cc1ccc(CSC2=NCN(C(C)(C)CC(C)(C)C)CN2)cc1. The molecule has 0 aliphatic carbocycles. The summed E-state index contributed by atoms with van der Waals surface area (Å²) in [5.74, 6) is 0.970. The fourth-order valence-electron chi connectivity index (χ4n) is 3.17. The Kier molecular flexibility index (Phi) is 5.79. The smallest absolute Gasteiger partial charge is 0.159 e. The van der Waals surface area contributed by atoms with Crippen LogP contribution in [0.15, 0.2) is 29.3 Å². The van der Waals surface area contributed by atoms with Crippen LogP contribution in [0.5, 0.6) is 0 Å². The summed E-state index contributed by atoms with van der Waals surface area (Å²) < 4.78 is 0. The largest absolute Gasteiger partial charge is 0.352 e. The lowest BCUT2D eigenvalue weighted by Gasteiger charge is -2.43. The highest BCUT2D eigenvalue weighted by Crippen LogP contribution is 2.31. The first-order chi connectivity index (χ1) is 10.7. The Bertz CT molecular complexity index is 541. The molecule has 1 aromatic carbocycles. The molecule has 1 heterocycles. The molecule has 4 heteroatoms. The van der Waals surface area contributed by atoms with Gasteiger partial charge in [0.25, 0.3) is 0 Å². The highest BCUT2D eigenvalue weighted by Gasteiger charge is 2.32. The Hall–Kier alpha value is -1.00. The molecule has 0 unspecified atom stereocenters. The Morgan fingerprint density at radius 3 is 2.30 bits per heavy atom. The average Bonchev–Trinajstić information content (AvgIpc) is 2.45. The summed E-state index contributed by atoms with van der Waals surface area (Å²) in [6.45, 7) is 15.3. The maximum Gasteiger partial charge on any atom is 0.159 e. The van der Waals surface area contributed by atoms with Crippen molar-refractivity contribution in [1.82, 2.24) is 10.2 Å². The molecule has 1 N–H and O–H groups in total. The van der Waals surface area contributed by atoms with Crippen LogP contribution < -0.4 is 5.32 Å². The summed E-state index contributed by atoms with van der Waals surface area (Å²) in [6, 6.07) is 8.74. The molecule has 23 heavy (non-hydrogen) atoms. The molecule has 0 saturated heterocycles. The van der Waals surface area contributed by atoms with Crippen LogP contribution in [0.1, 0.15) is 52.2 Å². The minimum absolute atomic E-state index is 0.155. The standard InChI is InChI=1S/C19H31N3S/c1-15-7-9-16(10-8-15)11-23-17-20-13-22(14-21-17)19(5,6)12-18(2,3)4/h7-10H,11-14H2,1-6H3,(H,20,21). The van der Waals surface area contributed by atoms with E-state index < -0.39 is 0 Å². The van der Waals surface area contributed by atoms with Gasteiger partial charge in [-0.1, -0.05) is 62.4 Å². The molecule has 0 bridgehead atoms. The first-order valence-electron chi connectivity index (χ1n) is 8.37. The minimum Gasteiger partial charge on any atom is -0.352 e. The van der Waals surface area contributed by atoms with Crippen molar-refractivity contribution in [2.24, 2.45) is 10.4 Å². The van der Waals surface area contributed by atoms with E-state index in [-0.39, 0.29) is 5.54 Å². The van der Waals surface area contributed by atoms with Gasteiger partial charge in [0.2, 0.25) is 0 Å². The zero-order valence-electron chi connectivity index (χ0n) is 15.4. The van der Waals surface area contributed by atoms with Crippen molar-refractivity contribution in [2.45, 2.75) is 59.3 Å². The maximum atomic E-state index is 4.73. The molecule has 0 radical (unpaired) electrons. The van der Waals surface area contributed by atoms with Crippen LogP contribution in [0.2, 0.25) is 0 Å². The zero-order valence-corrected chi connectivity index (χ0v) is 16.3. The number of rotatable bonds is 4. The topological polar surface area (TPSA) is 27.6 Å². The number of benzene rings is 1.